The molecule has 0 aromatic rings. The summed E-state index contributed by atoms with van der Waals surface area (Å²) in [5.41, 5.74) is 2.44. The van der Waals surface area contributed by atoms with E-state index in [1.165, 1.54) is 11.1 Å². The summed E-state index contributed by atoms with van der Waals surface area (Å²) < 4.78 is 5.71. The van der Waals surface area contributed by atoms with Crippen molar-refractivity contribution in [3.8, 4) is 0 Å². The first kappa shape index (κ1) is 17.9. The number of allylic oxidation sites excluding steroid dienone is 3. The van der Waals surface area contributed by atoms with E-state index in [-0.39, 0.29) is 0 Å². The van der Waals surface area contributed by atoms with E-state index >= 15 is 0 Å². The number of hydrogen-bond donors (Lipinski definition) is 0. The molecule has 0 saturated carbocycles. The summed E-state index contributed by atoms with van der Waals surface area (Å²) in [4.78, 5) is 6.71. The summed E-state index contributed by atoms with van der Waals surface area (Å²) >= 11 is 0. The first-order valence-corrected chi connectivity index (χ1v) is 7.23. The van der Waals surface area contributed by atoms with Gasteiger partial charge >= 0.3 is 0 Å². The van der Waals surface area contributed by atoms with Gasteiger partial charge < -0.3 is 9.64 Å². The zero-order chi connectivity index (χ0) is 14.7. The van der Waals surface area contributed by atoms with Gasteiger partial charge in [-0.25, -0.2) is 4.99 Å². The molecule has 0 aliphatic rings. The van der Waals surface area contributed by atoms with E-state index in [0.29, 0.717) is 0 Å². The number of aliphatic imine (C=N–C) groups is 1. The Kier molecular flexibility index (Phi) is 10.2. The SMILES string of the molecule is C/C=C(C)/C(C)=C/N=C(CC)OCCCN(C)CC. The number of nitrogens with zero attached hydrogens (tertiary/aromatic N) is 2. The van der Waals surface area contributed by atoms with Crippen molar-refractivity contribution in [1.29, 1.82) is 0 Å². The summed E-state index contributed by atoms with van der Waals surface area (Å²) in [5.74, 6) is 0.822. The van der Waals surface area contributed by atoms with Gasteiger partial charge in [-0.2, -0.15) is 0 Å². The molecule has 3 heteroatoms. The highest BCUT2D eigenvalue weighted by atomic mass is 16.5. The molecule has 0 bridgehead atoms. The van der Waals surface area contributed by atoms with Crippen molar-refractivity contribution >= 4 is 5.90 Å². The highest BCUT2D eigenvalue weighted by Gasteiger charge is 1.98. The Labute approximate surface area is 119 Å². The molecule has 110 valence electrons. The van der Waals surface area contributed by atoms with Gasteiger partial charge in [0.2, 0.25) is 0 Å². The second-order valence-corrected chi connectivity index (χ2v) is 4.76. The number of ether oxygens (including phenoxy) is 1. The Hall–Kier alpha value is -1.09. The fraction of sp³-hybridized carbons (Fsp3) is 0.688. The Morgan fingerprint density at radius 1 is 1.21 bits per heavy atom. The lowest BCUT2D eigenvalue weighted by molar-refractivity contribution is 0.255. The van der Waals surface area contributed by atoms with Gasteiger partial charge in [0.05, 0.1) is 6.61 Å². The molecule has 0 aromatic heterocycles. The predicted molar refractivity (Wildman–Crippen MR) is 84.7 cm³/mol. The van der Waals surface area contributed by atoms with Crippen molar-refractivity contribution in [2.24, 2.45) is 4.99 Å². The van der Waals surface area contributed by atoms with Gasteiger partial charge in [-0.1, -0.05) is 25.5 Å². The van der Waals surface area contributed by atoms with Crippen LogP contribution >= 0.6 is 0 Å². The zero-order valence-electron chi connectivity index (χ0n) is 13.5. The lowest BCUT2D eigenvalue weighted by atomic mass is 10.1. The largest absolute Gasteiger partial charge is 0.481 e. The topological polar surface area (TPSA) is 24.8 Å². The maximum atomic E-state index is 5.71. The van der Waals surface area contributed by atoms with E-state index in [9.17, 15) is 0 Å². The van der Waals surface area contributed by atoms with Crippen LogP contribution in [-0.4, -0.2) is 37.5 Å². The van der Waals surface area contributed by atoms with E-state index in [0.717, 1.165) is 38.4 Å². The maximum Gasteiger partial charge on any atom is 0.187 e. The van der Waals surface area contributed by atoms with Crippen molar-refractivity contribution in [2.45, 2.75) is 47.5 Å². The van der Waals surface area contributed by atoms with E-state index in [1.807, 2.05) is 13.1 Å². The molecule has 0 heterocycles. The monoisotopic (exact) mass is 266 g/mol. The van der Waals surface area contributed by atoms with E-state index in [4.69, 9.17) is 4.74 Å². The van der Waals surface area contributed by atoms with Crippen molar-refractivity contribution in [2.75, 3.05) is 26.7 Å². The molecular weight excluding hydrogens is 236 g/mol. The van der Waals surface area contributed by atoms with Crippen molar-refractivity contribution in [3.63, 3.8) is 0 Å². The van der Waals surface area contributed by atoms with Crippen LogP contribution in [0.5, 0.6) is 0 Å². The summed E-state index contributed by atoms with van der Waals surface area (Å²) in [6, 6.07) is 0. The third-order valence-electron chi connectivity index (χ3n) is 3.25. The quantitative estimate of drug-likeness (QED) is 0.287. The van der Waals surface area contributed by atoms with E-state index < -0.39 is 0 Å². The summed E-state index contributed by atoms with van der Waals surface area (Å²) in [6.07, 6.45) is 5.86. The molecule has 0 unspecified atom stereocenters. The van der Waals surface area contributed by atoms with Gasteiger partial charge in [-0.15, -0.1) is 0 Å². The fourth-order valence-electron chi connectivity index (χ4n) is 1.41. The van der Waals surface area contributed by atoms with Crippen LogP contribution in [0.4, 0.5) is 0 Å². The van der Waals surface area contributed by atoms with Gasteiger partial charge in [-0.05, 0) is 46.4 Å². The second kappa shape index (κ2) is 10.8. The van der Waals surface area contributed by atoms with Crippen molar-refractivity contribution in [1.82, 2.24) is 4.90 Å². The van der Waals surface area contributed by atoms with Crippen LogP contribution in [0.15, 0.2) is 28.4 Å². The minimum atomic E-state index is 0.743. The molecule has 0 rings (SSSR count). The Morgan fingerprint density at radius 3 is 2.42 bits per heavy atom. The lowest BCUT2D eigenvalue weighted by Crippen LogP contribution is -2.20. The van der Waals surface area contributed by atoms with Crippen LogP contribution in [0.1, 0.15) is 47.5 Å². The molecule has 0 N–H and O–H groups in total. The molecule has 0 amide bonds. The summed E-state index contributed by atoms with van der Waals surface area (Å²) in [5, 5.41) is 0. The van der Waals surface area contributed by atoms with Crippen LogP contribution in [0, 0.1) is 0 Å². The Bertz CT molecular complexity index is 330. The summed E-state index contributed by atoms with van der Waals surface area (Å²) in [6.45, 7) is 13.3. The van der Waals surface area contributed by atoms with Gasteiger partial charge in [0.25, 0.3) is 0 Å². The molecule has 0 saturated heterocycles. The van der Waals surface area contributed by atoms with Gasteiger partial charge in [0.15, 0.2) is 5.90 Å². The first-order chi connectivity index (χ1) is 9.04. The molecule has 0 atom stereocenters. The smallest absolute Gasteiger partial charge is 0.187 e. The van der Waals surface area contributed by atoms with Crippen LogP contribution in [-0.2, 0) is 4.74 Å². The van der Waals surface area contributed by atoms with Crippen LogP contribution in [0.3, 0.4) is 0 Å². The number of hydrogen-bond acceptors (Lipinski definition) is 3. The molecular formula is C16H30N2O. The van der Waals surface area contributed by atoms with Gasteiger partial charge in [0.1, 0.15) is 0 Å². The van der Waals surface area contributed by atoms with Crippen molar-refractivity contribution < 1.29 is 4.74 Å². The second-order valence-electron chi connectivity index (χ2n) is 4.76. The average Bonchev–Trinajstić information content (AvgIpc) is 2.44. The Balaban J connectivity index is 4.20. The molecule has 3 nitrogen and oxygen atoms in total. The van der Waals surface area contributed by atoms with Crippen molar-refractivity contribution in [3.05, 3.63) is 23.4 Å². The summed E-state index contributed by atoms with van der Waals surface area (Å²) in [7, 11) is 2.13. The predicted octanol–water partition coefficient (Wildman–Crippen LogP) is 4.02. The zero-order valence-corrected chi connectivity index (χ0v) is 13.5. The minimum absolute atomic E-state index is 0.743. The highest BCUT2D eigenvalue weighted by molar-refractivity contribution is 5.76. The Morgan fingerprint density at radius 2 is 1.89 bits per heavy atom. The van der Waals surface area contributed by atoms with Crippen LogP contribution in [0.2, 0.25) is 0 Å². The van der Waals surface area contributed by atoms with E-state index in [1.54, 1.807) is 0 Å². The van der Waals surface area contributed by atoms with Crippen LogP contribution in [0.25, 0.3) is 0 Å². The first-order valence-electron chi connectivity index (χ1n) is 7.23. The van der Waals surface area contributed by atoms with Crippen LogP contribution < -0.4 is 0 Å². The standard InChI is InChI=1S/C16H30N2O/c1-7-14(4)15(5)13-17-16(8-2)19-12-10-11-18(6)9-3/h7,13H,8-12H2,1-6H3/b14-7+,15-13+,17-16?. The highest BCUT2D eigenvalue weighted by Crippen LogP contribution is 2.08. The lowest BCUT2D eigenvalue weighted by Gasteiger charge is -2.13. The molecule has 0 aliphatic heterocycles. The normalized spacial score (nSPS) is 14.2. The molecule has 0 aliphatic carbocycles. The third kappa shape index (κ3) is 8.60. The molecule has 0 aromatic carbocycles. The van der Waals surface area contributed by atoms with Gasteiger partial charge in [-0.3, -0.25) is 0 Å². The molecule has 0 spiro atoms. The molecule has 0 fully saturated rings. The van der Waals surface area contributed by atoms with E-state index in [2.05, 4.69) is 50.7 Å². The number of rotatable bonds is 8. The van der Waals surface area contributed by atoms with Gasteiger partial charge in [0, 0.05) is 19.2 Å². The third-order valence-corrected chi connectivity index (χ3v) is 3.25. The molecule has 0 radical (unpaired) electrons. The fourth-order valence-corrected chi connectivity index (χ4v) is 1.41. The maximum absolute atomic E-state index is 5.71. The molecule has 19 heavy (non-hydrogen) atoms. The average molecular weight is 266 g/mol. The minimum Gasteiger partial charge on any atom is -0.481 e.